The molecule has 0 nitrogen and oxygen atoms in total. The first kappa shape index (κ1) is 10.8. The molecule has 0 fully saturated rings. The van der Waals surface area contributed by atoms with Crippen molar-refractivity contribution in [3.05, 3.63) is 35.9 Å². The van der Waals surface area contributed by atoms with E-state index in [1.165, 1.54) is 5.56 Å². The Morgan fingerprint density at radius 1 is 1.30 bits per heavy atom. The Morgan fingerprint density at radius 2 is 1.70 bits per heavy atom. The molecule has 0 amide bonds. The number of hydrogen-bond acceptors (Lipinski definition) is 0. The van der Waals surface area contributed by atoms with Gasteiger partial charge in [0.1, 0.15) is 0 Å². The first-order valence-electron chi connectivity index (χ1n) is 2.86. The maximum absolute atomic E-state index is 3.25. The van der Waals surface area contributed by atoms with Gasteiger partial charge in [-0.2, -0.15) is 0 Å². The van der Waals surface area contributed by atoms with Gasteiger partial charge < -0.3 is 0 Å². The van der Waals surface area contributed by atoms with Crippen LogP contribution in [0, 0.1) is 13.0 Å². The third-order valence-corrected chi connectivity index (χ3v) is 0.885. The van der Waals surface area contributed by atoms with E-state index in [9.17, 15) is 0 Å². The normalized spacial score (nSPS) is 7.10. The second-order valence-electron chi connectivity index (χ2n) is 1.68. The molecular weight excluding hydrogens is 309 g/mol. The summed E-state index contributed by atoms with van der Waals surface area (Å²) >= 11 is 6.25. The molecule has 0 heterocycles. The molecule has 0 saturated heterocycles. The summed E-state index contributed by atoms with van der Waals surface area (Å²) in [5.41, 5.74) is 1.29. The Balaban J connectivity index is 0.000000236. The number of rotatable bonds is 0. The molecule has 0 aliphatic rings. The third-order valence-electron chi connectivity index (χ3n) is 0.885. The summed E-state index contributed by atoms with van der Waals surface area (Å²) in [6, 6.07) is 10.8. The van der Waals surface area contributed by atoms with E-state index in [0.29, 0.717) is 0 Å². The third kappa shape index (κ3) is 6.92. The van der Waals surface area contributed by atoms with Gasteiger partial charge in [-0.25, -0.2) is 0 Å². The van der Waals surface area contributed by atoms with Crippen LogP contribution in [0.25, 0.3) is 0 Å². The first-order chi connectivity index (χ1) is 4.81. The molecule has 0 bridgehead atoms. The Morgan fingerprint density at radius 3 is 1.90 bits per heavy atom. The molecule has 1 aromatic rings. The van der Waals surface area contributed by atoms with Gasteiger partial charge in [-0.3, -0.25) is 0 Å². The molecule has 0 aliphatic heterocycles. The van der Waals surface area contributed by atoms with Crippen molar-refractivity contribution in [2.75, 3.05) is 0 Å². The van der Waals surface area contributed by atoms with Crippen molar-refractivity contribution in [2.45, 2.75) is 6.92 Å². The van der Waals surface area contributed by atoms with Gasteiger partial charge in [-0.05, 0) is 13.0 Å². The molecular formula is C7H7Br2Zn. The average molecular weight is 316 g/mol. The molecule has 0 spiro atoms. The van der Waals surface area contributed by atoms with Crippen molar-refractivity contribution in [2.24, 2.45) is 0 Å². The molecule has 1 aromatic carbocycles. The van der Waals surface area contributed by atoms with Crippen LogP contribution in [-0.2, 0) is 13.2 Å². The van der Waals surface area contributed by atoms with Crippen molar-refractivity contribution in [1.29, 1.82) is 0 Å². The second kappa shape index (κ2) is 7.91. The molecule has 0 aromatic heterocycles. The van der Waals surface area contributed by atoms with Gasteiger partial charge in [0, 0.05) is 0 Å². The van der Waals surface area contributed by atoms with Crippen LogP contribution in [0.1, 0.15) is 5.56 Å². The maximum atomic E-state index is 3.25. The molecule has 0 unspecified atom stereocenters. The van der Waals surface area contributed by atoms with Gasteiger partial charge in [0.05, 0.1) is 0 Å². The van der Waals surface area contributed by atoms with Crippen LogP contribution in [0.15, 0.2) is 24.3 Å². The van der Waals surface area contributed by atoms with Crippen molar-refractivity contribution in [3.8, 4) is 0 Å². The second-order valence-corrected chi connectivity index (χ2v) is 15.7. The van der Waals surface area contributed by atoms with Gasteiger partial charge in [0.25, 0.3) is 0 Å². The fourth-order valence-corrected chi connectivity index (χ4v) is 0.470. The summed E-state index contributed by atoms with van der Waals surface area (Å²) < 4.78 is 0. The van der Waals surface area contributed by atoms with Crippen LogP contribution in [-0.4, -0.2) is 0 Å². The summed E-state index contributed by atoms with van der Waals surface area (Å²) in [6.07, 6.45) is 0. The number of aryl methyl sites for hydroxylation is 1. The van der Waals surface area contributed by atoms with E-state index in [-0.39, 0.29) is 13.2 Å². The van der Waals surface area contributed by atoms with Gasteiger partial charge >= 0.3 is 40.5 Å². The Labute approximate surface area is 82.7 Å². The molecule has 1 radical (unpaired) electrons. The van der Waals surface area contributed by atoms with Gasteiger partial charge in [-0.15, -0.1) is 0 Å². The molecule has 51 valence electrons. The minimum absolute atomic E-state index is 0.250. The SMILES string of the molecule is Cc1cc[c]cc1.[Br][Zn][Br]. The molecule has 1 rings (SSSR count). The van der Waals surface area contributed by atoms with Crippen molar-refractivity contribution in [3.63, 3.8) is 0 Å². The Kier molecular flexibility index (Phi) is 8.54. The monoisotopic (exact) mass is 313 g/mol. The summed E-state index contributed by atoms with van der Waals surface area (Å²) in [6.45, 7) is 2.06. The Hall–Kier alpha value is 0.803. The van der Waals surface area contributed by atoms with Gasteiger partial charge in [0.2, 0.25) is 0 Å². The van der Waals surface area contributed by atoms with Gasteiger partial charge in [0.15, 0.2) is 0 Å². The predicted molar refractivity (Wildman–Crippen MR) is 47.9 cm³/mol. The van der Waals surface area contributed by atoms with E-state index in [1.807, 2.05) is 24.3 Å². The van der Waals surface area contributed by atoms with E-state index in [1.54, 1.807) is 0 Å². The fraction of sp³-hybridized carbons (Fsp3) is 0.143. The zero-order valence-electron chi connectivity index (χ0n) is 5.77. The van der Waals surface area contributed by atoms with Crippen LogP contribution >= 0.6 is 27.2 Å². The zero-order valence-corrected chi connectivity index (χ0v) is 11.9. The summed E-state index contributed by atoms with van der Waals surface area (Å²) in [5, 5.41) is 0. The molecule has 10 heavy (non-hydrogen) atoms. The van der Waals surface area contributed by atoms with Crippen LogP contribution in [0.3, 0.4) is 0 Å². The topological polar surface area (TPSA) is 0 Å². The standard InChI is InChI=1S/C7H7.2BrH.Zn/c1-7-5-3-2-4-6-7;;;/h3-6H,1H3;2*1H;/q;;;+2/p-2. The zero-order chi connectivity index (χ0) is 7.82. The van der Waals surface area contributed by atoms with Crippen molar-refractivity contribution in [1.82, 2.24) is 0 Å². The molecule has 0 aliphatic carbocycles. The molecule has 0 saturated carbocycles. The number of hydrogen-bond donors (Lipinski definition) is 0. The summed E-state index contributed by atoms with van der Waals surface area (Å²) in [7, 11) is 0. The minimum atomic E-state index is -0.250. The van der Waals surface area contributed by atoms with Gasteiger partial charge in [-0.1, -0.05) is 29.8 Å². The van der Waals surface area contributed by atoms with E-state index in [0.717, 1.165) is 0 Å². The molecule has 0 N–H and O–H groups in total. The average Bonchev–Trinajstić information content (AvgIpc) is 1.91. The quantitative estimate of drug-likeness (QED) is 0.643. The number of halogens is 2. The van der Waals surface area contributed by atoms with Crippen LogP contribution in [0.5, 0.6) is 0 Å². The van der Waals surface area contributed by atoms with Crippen molar-refractivity contribution < 1.29 is 13.2 Å². The van der Waals surface area contributed by atoms with Crippen LogP contribution in [0.4, 0.5) is 0 Å². The fourth-order valence-electron chi connectivity index (χ4n) is 0.470. The summed E-state index contributed by atoms with van der Waals surface area (Å²) in [4.78, 5) is 0. The van der Waals surface area contributed by atoms with E-state index in [4.69, 9.17) is 0 Å². The van der Waals surface area contributed by atoms with E-state index in [2.05, 4.69) is 40.2 Å². The van der Waals surface area contributed by atoms with E-state index >= 15 is 0 Å². The molecule has 0 atom stereocenters. The Bertz CT molecular complexity index is 153. The van der Waals surface area contributed by atoms with Crippen molar-refractivity contribution >= 4 is 27.2 Å². The number of benzene rings is 1. The van der Waals surface area contributed by atoms with Crippen LogP contribution < -0.4 is 0 Å². The van der Waals surface area contributed by atoms with E-state index < -0.39 is 0 Å². The first-order valence-corrected chi connectivity index (χ1v) is 16.8. The summed E-state index contributed by atoms with van der Waals surface area (Å²) in [5.74, 6) is 0. The predicted octanol–water partition coefficient (Wildman–Crippen LogP) is 3.48. The molecule has 3 heteroatoms. The van der Waals surface area contributed by atoms with Crippen LogP contribution in [0.2, 0.25) is 0 Å².